The number of nitrogens with zero attached hydrogens (tertiary/aromatic N) is 3. The molecule has 0 spiro atoms. The molecule has 1 saturated carbocycles. The SMILES string of the molecule is CC#C/C=C\C/C=C(\C)Cc1[nH]c(-c2ccncc2)nc1NCC(CC)N(CCC)C(=O)C(NC(=O)[C@H](C)NC)C1CCCCC1. The number of likely N-dealkylation sites (N-methyl/N-ethyl adjacent to an activating group) is 1. The molecule has 2 amide bonds. The maximum atomic E-state index is 14.4. The summed E-state index contributed by atoms with van der Waals surface area (Å²) in [6.45, 7) is 11.2. The van der Waals surface area contributed by atoms with Crippen LogP contribution in [0.15, 0.2) is 48.3 Å². The summed E-state index contributed by atoms with van der Waals surface area (Å²) in [5.74, 6) is 7.45. The van der Waals surface area contributed by atoms with Crippen molar-refractivity contribution in [3.63, 3.8) is 0 Å². The highest BCUT2D eigenvalue weighted by Crippen LogP contribution is 2.29. The molecule has 3 rings (SSSR count). The van der Waals surface area contributed by atoms with Crippen LogP contribution in [0.4, 0.5) is 5.82 Å². The van der Waals surface area contributed by atoms with Gasteiger partial charge in [-0.15, -0.1) is 5.92 Å². The Kier molecular flexibility index (Phi) is 15.6. The van der Waals surface area contributed by atoms with Crippen LogP contribution in [0, 0.1) is 17.8 Å². The molecular formula is C37H55N7O2. The van der Waals surface area contributed by atoms with Crippen molar-refractivity contribution in [2.24, 2.45) is 5.92 Å². The van der Waals surface area contributed by atoms with Gasteiger partial charge in [0.2, 0.25) is 11.8 Å². The number of hydrogen-bond acceptors (Lipinski definition) is 6. The van der Waals surface area contributed by atoms with Crippen LogP contribution in [-0.2, 0) is 16.0 Å². The van der Waals surface area contributed by atoms with Crippen molar-refractivity contribution in [3.8, 4) is 23.2 Å². The number of pyridine rings is 1. The minimum atomic E-state index is -0.520. The second kappa shape index (κ2) is 19.6. The zero-order valence-corrected chi connectivity index (χ0v) is 28.8. The van der Waals surface area contributed by atoms with Gasteiger partial charge in [-0.2, -0.15) is 0 Å². The summed E-state index contributed by atoms with van der Waals surface area (Å²) >= 11 is 0. The summed E-state index contributed by atoms with van der Waals surface area (Å²) in [5, 5.41) is 9.79. The van der Waals surface area contributed by atoms with Gasteiger partial charge in [0.1, 0.15) is 17.7 Å². The quantitative estimate of drug-likeness (QED) is 0.125. The molecule has 2 heterocycles. The average Bonchev–Trinajstić information content (AvgIpc) is 3.48. The number of rotatable bonds is 17. The molecule has 4 N–H and O–H groups in total. The molecule has 0 saturated heterocycles. The van der Waals surface area contributed by atoms with Gasteiger partial charge in [0.15, 0.2) is 0 Å². The Morgan fingerprint density at radius 3 is 2.57 bits per heavy atom. The summed E-state index contributed by atoms with van der Waals surface area (Å²) in [5.41, 5.74) is 3.18. The molecule has 0 aliphatic heterocycles. The lowest BCUT2D eigenvalue weighted by molar-refractivity contribution is -0.140. The van der Waals surface area contributed by atoms with Crippen LogP contribution in [0.2, 0.25) is 0 Å². The molecule has 0 bridgehead atoms. The van der Waals surface area contributed by atoms with Gasteiger partial charge in [-0.05, 0) is 84.0 Å². The second-order valence-corrected chi connectivity index (χ2v) is 12.3. The molecule has 250 valence electrons. The average molecular weight is 630 g/mol. The lowest BCUT2D eigenvalue weighted by Crippen LogP contribution is -2.58. The topological polar surface area (TPSA) is 115 Å². The first kappa shape index (κ1) is 36.6. The number of aromatic amines is 1. The maximum absolute atomic E-state index is 14.4. The Morgan fingerprint density at radius 2 is 1.91 bits per heavy atom. The third-order valence-electron chi connectivity index (χ3n) is 8.81. The standard InChI is InChI=1S/C37H55N7O2/c1-7-10-11-12-14-17-27(4)25-32-35(43-34(41-32)30-20-22-39-23-21-30)40-26-31(9-3)44(24-8-2)37(46)33(29-18-15-13-16-19-29)42-36(45)28(5)38-6/h11-12,17,20-23,28-29,31,33,38,40H,8-9,13-16,18-19,24-26H2,1-6H3,(H,41,43)(H,42,45)/b12-11-,27-17+/t28-,31?,33?/m0/s1. The van der Waals surface area contributed by atoms with Crippen molar-refractivity contribution >= 4 is 17.6 Å². The van der Waals surface area contributed by atoms with Crippen LogP contribution >= 0.6 is 0 Å². The maximum Gasteiger partial charge on any atom is 0.245 e. The molecule has 9 nitrogen and oxygen atoms in total. The fourth-order valence-corrected chi connectivity index (χ4v) is 6.00. The van der Waals surface area contributed by atoms with E-state index in [1.165, 1.54) is 12.0 Å². The van der Waals surface area contributed by atoms with Crippen molar-refractivity contribution in [2.75, 3.05) is 25.5 Å². The van der Waals surface area contributed by atoms with E-state index < -0.39 is 6.04 Å². The minimum Gasteiger partial charge on any atom is -0.366 e. The molecule has 1 aliphatic rings. The van der Waals surface area contributed by atoms with E-state index >= 15 is 0 Å². The fraction of sp³-hybridized carbons (Fsp3) is 0.568. The van der Waals surface area contributed by atoms with Gasteiger partial charge in [-0.3, -0.25) is 14.6 Å². The summed E-state index contributed by atoms with van der Waals surface area (Å²) in [6, 6.07) is 2.94. The fourth-order valence-electron chi connectivity index (χ4n) is 6.00. The Bertz CT molecular complexity index is 1350. The van der Waals surface area contributed by atoms with E-state index in [2.05, 4.69) is 70.7 Å². The van der Waals surface area contributed by atoms with Crippen molar-refractivity contribution in [2.45, 2.75) is 111 Å². The molecule has 1 fully saturated rings. The highest BCUT2D eigenvalue weighted by molar-refractivity contribution is 5.90. The van der Waals surface area contributed by atoms with E-state index in [-0.39, 0.29) is 29.8 Å². The van der Waals surface area contributed by atoms with Gasteiger partial charge in [-0.25, -0.2) is 4.98 Å². The molecule has 0 aromatic carbocycles. The van der Waals surface area contributed by atoms with Crippen molar-refractivity contribution in [1.82, 2.24) is 30.5 Å². The normalized spacial score (nSPS) is 15.9. The van der Waals surface area contributed by atoms with E-state index in [1.807, 2.05) is 37.0 Å². The summed E-state index contributed by atoms with van der Waals surface area (Å²) < 4.78 is 0. The molecule has 3 atom stereocenters. The molecule has 1 aliphatic carbocycles. The van der Waals surface area contributed by atoms with Crippen LogP contribution in [0.3, 0.4) is 0 Å². The number of carbonyl (C=O) groups excluding carboxylic acids is 2. The summed E-state index contributed by atoms with van der Waals surface area (Å²) in [4.78, 5) is 42.1. The molecule has 9 heteroatoms. The van der Waals surface area contributed by atoms with Gasteiger partial charge >= 0.3 is 0 Å². The Hall–Kier alpha value is -3.90. The van der Waals surface area contributed by atoms with E-state index in [9.17, 15) is 9.59 Å². The Morgan fingerprint density at radius 1 is 1.17 bits per heavy atom. The monoisotopic (exact) mass is 629 g/mol. The van der Waals surface area contributed by atoms with E-state index in [4.69, 9.17) is 4.98 Å². The summed E-state index contributed by atoms with van der Waals surface area (Å²) in [6.07, 6.45) is 18.1. The van der Waals surface area contributed by atoms with Crippen LogP contribution < -0.4 is 16.0 Å². The number of carbonyl (C=O) groups is 2. The zero-order valence-electron chi connectivity index (χ0n) is 28.8. The molecule has 2 aromatic rings. The third kappa shape index (κ3) is 10.9. The van der Waals surface area contributed by atoms with Crippen LogP contribution in [-0.4, -0.2) is 69.9 Å². The third-order valence-corrected chi connectivity index (χ3v) is 8.81. The number of hydrogen-bond donors (Lipinski definition) is 4. The second-order valence-electron chi connectivity index (χ2n) is 12.3. The lowest BCUT2D eigenvalue weighted by atomic mass is 9.83. The van der Waals surface area contributed by atoms with Crippen molar-refractivity contribution in [3.05, 3.63) is 54.0 Å². The lowest BCUT2D eigenvalue weighted by Gasteiger charge is -2.38. The van der Waals surface area contributed by atoms with Gasteiger partial charge in [0.05, 0.1) is 11.7 Å². The van der Waals surface area contributed by atoms with E-state index in [1.54, 1.807) is 19.4 Å². The van der Waals surface area contributed by atoms with Crippen LogP contribution in [0.5, 0.6) is 0 Å². The Balaban J connectivity index is 1.85. The van der Waals surface area contributed by atoms with E-state index in [0.717, 1.165) is 67.8 Å². The van der Waals surface area contributed by atoms with Gasteiger partial charge in [0.25, 0.3) is 0 Å². The minimum absolute atomic E-state index is 0.0263. The molecule has 46 heavy (non-hydrogen) atoms. The summed E-state index contributed by atoms with van der Waals surface area (Å²) in [7, 11) is 1.77. The largest absolute Gasteiger partial charge is 0.366 e. The molecule has 2 aromatic heterocycles. The highest BCUT2D eigenvalue weighted by Gasteiger charge is 2.36. The van der Waals surface area contributed by atoms with Gasteiger partial charge < -0.3 is 25.8 Å². The van der Waals surface area contributed by atoms with Crippen molar-refractivity contribution in [1.29, 1.82) is 0 Å². The zero-order chi connectivity index (χ0) is 33.3. The molecule has 2 unspecified atom stereocenters. The number of aromatic nitrogens is 3. The molecule has 0 radical (unpaired) electrons. The predicted molar refractivity (Wildman–Crippen MR) is 188 cm³/mol. The first-order chi connectivity index (χ1) is 22.3. The first-order valence-electron chi connectivity index (χ1n) is 17.1. The van der Waals surface area contributed by atoms with Crippen molar-refractivity contribution < 1.29 is 9.59 Å². The van der Waals surface area contributed by atoms with Gasteiger partial charge in [0, 0.05) is 43.5 Å². The Labute approximate surface area is 276 Å². The number of allylic oxidation sites excluding steroid dienone is 4. The number of H-pyrrole nitrogens is 1. The van der Waals surface area contributed by atoms with Gasteiger partial charge in [-0.1, -0.05) is 56.8 Å². The first-order valence-corrected chi connectivity index (χ1v) is 17.1. The highest BCUT2D eigenvalue weighted by atomic mass is 16.2. The van der Waals surface area contributed by atoms with Crippen LogP contribution in [0.25, 0.3) is 11.4 Å². The number of imidazole rings is 1. The smallest absolute Gasteiger partial charge is 0.245 e. The predicted octanol–water partition coefficient (Wildman–Crippen LogP) is 6.03. The molecular weight excluding hydrogens is 574 g/mol. The number of anilines is 1. The van der Waals surface area contributed by atoms with Crippen LogP contribution in [0.1, 0.15) is 91.7 Å². The number of nitrogens with one attached hydrogen (secondary N) is 4. The number of amides is 2. The van der Waals surface area contributed by atoms with E-state index in [0.29, 0.717) is 19.5 Å².